The largest absolute Gasteiger partial charge is 0.496 e. The minimum Gasteiger partial charge on any atom is -0.496 e. The summed E-state index contributed by atoms with van der Waals surface area (Å²) in [5, 5.41) is 13.7. The van der Waals surface area contributed by atoms with Crippen LogP contribution in [0.5, 0.6) is 5.75 Å². The monoisotopic (exact) mass is 344 g/mol. The fraction of sp³-hybridized carbons (Fsp3) is 0.385. The zero-order valence-electron chi connectivity index (χ0n) is 11.3. The van der Waals surface area contributed by atoms with Crippen LogP contribution in [0.2, 0.25) is 0 Å². The summed E-state index contributed by atoms with van der Waals surface area (Å²) >= 11 is 3.35. The Hall–Kier alpha value is -1.76. The normalized spacial score (nSPS) is 11.6. The Morgan fingerprint density at radius 2 is 2.15 bits per heavy atom. The molecule has 1 atom stereocenters. The van der Waals surface area contributed by atoms with Gasteiger partial charge in [0.15, 0.2) is 0 Å². The van der Waals surface area contributed by atoms with Crippen molar-refractivity contribution in [3.63, 3.8) is 0 Å². The molecule has 20 heavy (non-hydrogen) atoms. The minimum absolute atomic E-state index is 0.0887. The van der Waals surface area contributed by atoms with Gasteiger partial charge >= 0.3 is 12.0 Å². The van der Waals surface area contributed by atoms with E-state index in [-0.39, 0.29) is 19.0 Å². The molecule has 1 aromatic rings. The Kier molecular flexibility index (Phi) is 6.30. The van der Waals surface area contributed by atoms with E-state index < -0.39 is 12.0 Å². The molecule has 0 heterocycles. The highest BCUT2D eigenvalue weighted by Crippen LogP contribution is 2.28. The summed E-state index contributed by atoms with van der Waals surface area (Å²) in [7, 11) is 1.56. The van der Waals surface area contributed by atoms with Crippen LogP contribution < -0.4 is 15.4 Å². The molecular weight excluding hydrogens is 328 g/mol. The third-order valence-electron chi connectivity index (χ3n) is 2.63. The van der Waals surface area contributed by atoms with Crippen molar-refractivity contribution in [1.29, 1.82) is 0 Å². The minimum atomic E-state index is -0.951. The molecule has 7 heteroatoms. The number of hydrogen-bond donors (Lipinski definition) is 3. The first kappa shape index (κ1) is 16.3. The summed E-state index contributed by atoms with van der Waals surface area (Å²) in [6, 6.07) is 4.85. The lowest BCUT2D eigenvalue weighted by molar-refractivity contribution is -0.136. The predicted octanol–water partition coefficient (Wildman–Crippen LogP) is 2.29. The number of rotatable bonds is 6. The van der Waals surface area contributed by atoms with Crippen molar-refractivity contribution in [3.8, 4) is 5.75 Å². The van der Waals surface area contributed by atoms with E-state index in [2.05, 4.69) is 26.6 Å². The van der Waals surface area contributed by atoms with Gasteiger partial charge in [0.2, 0.25) is 0 Å². The molecule has 0 aliphatic heterocycles. The average Bonchev–Trinajstić information content (AvgIpc) is 2.37. The van der Waals surface area contributed by atoms with Crippen LogP contribution >= 0.6 is 15.9 Å². The lowest BCUT2D eigenvalue weighted by Crippen LogP contribution is -2.38. The molecule has 0 aliphatic rings. The molecule has 1 unspecified atom stereocenters. The van der Waals surface area contributed by atoms with E-state index >= 15 is 0 Å². The third-order valence-corrected chi connectivity index (χ3v) is 3.13. The average molecular weight is 345 g/mol. The van der Waals surface area contributed by atoms with E-state index in [1.165, 1.54) is 0 Å². The van der Waals surface area contributed by atoms with Gasteiger partial charge in [0.1, 0.15) is 5.75 Å². The van der Waals surface area contributed by atoms with Crippen LogP contribution in [0.4, 0.5) is 4.79 Å². The standard InChI is InChI=1S/C13H17BrN2O4/c1-8(16-13(19)15-6-5-12(17)18)10-4-3-9(14)7-11(10)20-2/h3-4,7-8H,5-6H2,1-2H3,(H,17,18)(H2,15,16,19). The number of carbonyl (C=O) groups excluding carboxylic acids is 1. The molecule has 0 aliphatic carbocycles. The number of halogens is 1. The van der Waals surface area contributed by atoms with Gasteiger partial charge in [-0.2, -0.15) is 0 Å². The molecule has 0 bridgehead atoms. The second-order valence-electron chi connectivity index (χ2n) is 4.15. The number of amides is 2. The van der Waals surface area contributed by atoms with Crippen LogP contribution in [0.1, 0.15) is 24.9 Å². The van der Waals surface area contributed by atoms with Crippen molar-refractivity contribution in [1.82, 2.24) is 10.6 Å². The molecule has 0 radical (unpaired) electrons. The zero-order valence-corrected chi connectivity index (χ0v) is 12.9. The SMILES string of the molecule is COc1cc(Br)ccc1C(C)NC(=O)NCCC(=O)O. The first-order valence-electron chi connectivity index (χ1n) is 6.03. The summed E-state index contributed by atoms with van der Waals surface area (Å²) in [5.41, 5.74) is 0.837. The van der Waals surface area contributed by atoms with Crippen molar-refractivity contribution in [3.05, 3.63) is 28.2 Å². The van der Waals surface area contributed by atoms with E-state index in [1.807, 2.05) is 25.1 Å². The van der Waals surface area contributed by atoms with Gasteiger partial charge in [0, 0.05) is 16.6 Å². The number of carboxylic acids is 1. The molecular formula is C13H17BrN2O4. The van der Waals surface area contributed by atoms with Crippen molar-refractivity contribution in [2.45, 2.75) is 19.4 Å². The number of methoxy groups -OCH3 is 1. The fourth-order valence-corrected chi connectivity index (χ4v) is 1.99. The van der Waals surface area contributed by atoms with Crippen LogP contribution in [-0.4, -0.2) is 30.8 Å². The first-order valence-corrected chi connectivity index (χ1v) is 6.83. The summed E-state index contributed by atoms with van der Waals surface area (Å²) in [4.78, 5) is 22.0. The highest BCUT2D eigenvalue weighted by Gasteiger charge is 2.14. The Labute approximate surface area is 125 Å². The highest BCUT2D eigenvalue weighted by atomic mass is 79.9. The number of benzene rings is 1. The second-order valence-corrected chi connectivity index (χ2v) is 5.07. The third kappa shape index (κ3) is 5.08. The van der Waals surface area contributed by atoms with Gasteiger partial charge in [0.05, 0.1) is 19.6 Å². The van der Waals surface area contributed by atoms with E-state index in [9.17, 15) is 9.59 Å². The first-order chi connectivity index (χ1) is 9.43. The number of carboxylic acid groups (broad SMARTS) is 1. The number of urea groups is 1. The molecule has 6 nitrogen and oxygen atoms in total. The van der Waals surface area contributed by atoms with Gasteiger partial charge in [-0.1, -0.05) is 22.0 Å². The summed E-state index contributed by atoms with van der Waals surface area (Å²) in [5.74, 6) is -0.286. The second kappa shape index (κ2) is 7.74. The number of carbonyl (C=O) groups is 2. The molecule has 0 aromatic heterocycles. The van der Waals surface area contributed by atoms with Crippen LogP contribution in [-0.2, 0) is 4.79 Å². The predicted molar refractivity (Wildman–Crippen MR) is 77.9 cm³/mol. The van der Waals surface area contributed by atoms with Crippen molar-refractivity contribution >= 4 is 27.9 Å². The van der Waals surface area contributed by atoms with Crippen LogP contribution in [0, 0.1) is 0 Å². The molecule has 3 N–H and O–H groups in total. The highest BCUT2D eigenvalue weighted by molar-refractivity contribution is 9.10. The van der Waals surface area contributed by atoms with Crippen molar-refractivity contribution in [2.24, 2.45) is 0 Å². The summed E-state index contributed by atoms with van der Waals surface area (Å²) in [6.45, 7) is 1.91. The Morgan fingerprint density at radius 3 is 2.75 bits per heavy atom. The summed E-state index contributed by atoms with van der Waals surface area (Å²) < 4.78 is 6.15. The zero-order chi connectivity index (χ0) is 15.1. The van der Waals surface area contributed by atoms with Gasteiger partial charge in [-0.3, -0.25) is 4.79 Å². The van der Waals surface area contributed by atoms with E-state index in [1.54, 1.807) is 7.11 Å². The van der Waals surface area contributed by atoms with Crippen molar-refractivity contribution < 1.29 is 19.4 Å². The van der Waals surface area contributed by atoms with Gasteiger partial charge in [-0.15, -0.1) is 0 Å². The number of nitrogens with one attached hydrogen (secondary N) is 2. The molecule has 0 saturated heterocycles. The van der Waals surface area contributed by atoms with E-state index in [4.69, 9.17) is 9.84 Å². The molecule has 1 aromatic carbocycles. The molecule has 2 amide bonds. The molecule has 110 valence electrons. The van der Waals surface area contributed by atoms with Crippen LogP contribution in [0.15, 0.2) is 22.7 Å². The van der Waals surface area contributed by atoms with Gasteiger partial charge < -0.3 is 20.5 Å². The van der Waals surface area contributed by atoms with E-state index in [0.717, 1.165) is 10.0 Å². The number of hydrogen-bond acceptors (Lipinski definition) is 3. The number of aliphatic carboxylic acids is 1. The molecule has 0 spiro atoms. The van der Waals surface area contributed by atoms with Gasteiger partial charge in [0.25, 0.3) is 0 Å². The Morgan fingerprint density at radius 1 is 1.45 bits per heavy atom. The summed E-state index contributed by atoms with van der Waals surface area (Å²) in [6.07, 6.45) is -0.108. The maximum absolute atomic E-state index is 11.6. The Bertz CT molecular complexity index is 493. The molecule has 1 rings (SSSR count). The maximum Gasteiger partial charge on any atom is 0.315 e. The lowest BCUT2D eigenvalue weighted by atomic mass is 10.1. The van der Waals surface area contributed by atoms with Gasteiger partial charge in [-0.25, -0.2) is 4.79 Å². The van der Waals surface area contributed by atoms with Crippen LogP contribution in [0.3, 0.4) is 0 Å². The molecule has 0 fully saturated rings. The van der Waals surface area contributed by atoms with Crippen LogP contribution in [0.25, 0.3) is 0 Å². The van der Waals surface area contributed by atoms with E-state index in [0.29, 0.717) is 5.75 Å². The lowest BCUT2D eigenvalue weighted by Gasteiger charge is -2.17. The maximum atomic E-state index is 11.6. The van der Waals surface area contributed by atoms with Crippen molar-refractivity contribution in [2.75, 3.05) is 13.7 Å². The molecule has 0 saturated carbocycles. The quantitative estimate of drug-likeness (QED) is 0.738. The topological polar surface area (TPSA) is 87.7 Å². The van der Waals surface area contributed by atoms with Gasteiger partial charge in [-0.05, 0) is 19.1 Å². The smallest absolute Gasteiger partial charge is 0.315 e. The number of ether oxygens (including phenoxy) is 1. The fourth-order valence-electron chi connectivity index (χ4n) is 1.65. The Balaban J connectivity index is 2.59.